The number of anilines is 1. The van der Waals surface area contributed by atoms with Gasteiger partial charge in [-0.15, -0.1) is 0 Å². The van der Waals surface area contributed by atoms with Crippen LogP contribution in [0.4, 0.5) is 10.5 Å². The zero-order valence-electron chi connectivity index (χ0n) is 14.2. The first kappa shape index (κ1) is 16.5. The number of likely N-dealkylation sites (tertiary alicyclic amines) is 1. The molecule has 1 aromatic rings. The Balaban J connectivity index is 1.46. The van der Waals surface area contributed by atoms with Crippen LogP contribution in [0.25, 0.3) is 0 Å². The van der Waals surface area contributed by atoms with Crippen LogP contribution in [-0.4, -0.2) is 60.0 Å². The SMILES string of the molecule is CN(C)C(=O)Nc1ccc(OC2CCN(C(=O)C3CC3)CC2)nc1. The van der Waals surface area contributed by atoms with E-state index in [-0.39, 0.29) is 18.1 Å². The third kappa shape index (κ3) is 4.15. The summed E-state index contributed by atoms with van der Waals surface area (Å²) in [6.07, 6.45) is 5.44. The number of hydrogen-bond acceptors (Lipinski definition) is 4. The topological polar surface area (TPSA) is 74.8 Å². The van der Waals surface area contributed by atoms with E-state index in [1.54, 1.807) is 32.4 Å². The summed E-state index contributed by atoms with van der Waals surface area (Å²) in [4.78, 5) is 31.3. The van der Waals surface area contributed by atoms with Gasteiger partial charge in [-0.25, -0.2) is 9.78 Å². The van der Waals surface area contributed by atoms with Crippen LogP contribution in [0.2, 0.25) is 0 Å². The number of piperidine rings is 1. The molecule has 1 saturated heterocycles. The molecule has 2 fully saturated rings. The molecule has 0 aromatic carbocycles. The second-order valence-corrected chi connectivity index (χ2v) is 6.63. The van der Waals surface area contributed by atoms with Crippen molar-refractivity contribution in [3.05, 3.63) is 18.3 Å². The molecule has 0 bridgehead atoms. The molecule has 24 heavy (non-hydrogen) atoms. The fraction of sp³-hybridized carbons (Fsp3) is 0.588. The number of ether oxygens (including phenoxy) is 1. The van der Waals surface area contributed by atoms with Crippen molar-refractivity contribution in [3.8, 4) is 5.88 Å². The van der Waals surface area contributed by atoms with E-state index in [1.165, 1.54) is 4.90 Å². The van der Waals surface area contributed by atoms with Gasteiger partial charge in [-0.1, -0.05) is 0 Å². The molecule has 1 saturated carbocycles. The lowest BCUT2D eigenvalue weighted by Crippen LogP contribution is -2.42. The van der Waals surface area contributed by atoms with Crippen LogP contribution >= 0.6 is 0 Å². The van der Waals surface area contributed by atoms with Crippen molar-refractivity contribution in [2.75, 3.05) is 32.5 Å². The Bertz CT molecular complexity index is 590. The minimum absolute atomic E-state index is 0.0861. The van der Waals surface area contributed by atoms with Crippen LogP contribution < -0.4 is 10.1 Å². The minimum atomic E-state index is -0.196. The molecule has 7 nitrogen and oxygen atoms in total. The summed E-state index contributed by atoms with van der Waals surface area (Å²) in [7, 11) is 3.36. The van der Waals surface area contributed by atoms with Gasteiger partial charge < -0.3 is 19.9 Å². The molecule has 0 atom stereocenters. The molecule has 3 rings (SSSR count). The maximum atomic E-state index is 12.0. The average molecular weight is 332 g/mol. The number of nitrogens with one attached hydrogen (secondary N) is 1. The molecule has 2 aliphatic rings. The lowest BCUT2D eigenvalue weighted by Gasteiger charge is -2.32. The van der Waals surface area contributed by atoms with Gasteiger partial charge in [0.1, 0.15) is 6.10 Å². The summed E-state index contributed by atoms with van der Waals surface area (Å²) >= 11 is 0. The van der Waals surface area contributed by atoms with Crippen molar-refractivity contribution in [2.45, 2.75) is 31.8 Å². The highest BCUT2D eigenvalue weighted by Gasteiger charge is 2.35. The first-order chi connectivity index (χ1) is 11.5. The number of carbonyl (C=O) groups excluding carboxylic acids is 2. The normalized spacial score (nSPS) is 18.2. The fourth-order valence-corrected chi connectivity index (χ4v) is 2.71. The van der Waals surface area contributed by atoms with Crippen molar-refractivity contribution in [1.29, 1.82) is 0 Å². The van der Waals surface area contributed by atoms with E-state index in [1.807, 2.05) is 4.90 Å². The van der Waals surface area contributed by atoms with Gasteiger partial charge >= 0.3 is 6.03 Å². The summed E-state index contributed by atoms with van der Waals surface area (Å²) in [5, 5.41) is 2.73. The average Bonchev–Trinajstić information content (AvgIpc) is 3.41. The summed E-state index contributed by atoms with van der Waals surface area (Å²) in [6.45, 7) is 1.52. The van der Waals surface area contributed by atoms with Gasteiger partial charge in [0.25, 0.3) is 0 Å². The van der Waals surface area contributed by atoms with E-state index < -0.39 is 0 Å². The highest BCUT2D eigenvalue weighted by atomic mass is 16.5. The predicted molar refractivity (Wildman–Crippen MR) is 89.9 cm³/mol. The number of rotatable bonds is 4. The van der Waals surface area contributed by atoms with Crippen molar-refractivity contribution < 1.29 is 14.3 Å². The van der Waals surface area contributed by atoms with Crippen molar-refractivity contribution in [2.24, 2.45) is 5.92 Å². The van der Waals surface area contributed by atoms with E-state index in [0.29, 0.717) is 17.5 Å². The molecule has 7 heteroatoms. The van der Waals surface area contributed by atoms with Gasteiger partial charge in [0, 0.05) is 52.0 Å². The number of amides is 3. The summed E-state index contributed by atoms with van der Waals surface area (Å²) < 4.78 is 5.89. The summed E-state index contributed by atoms with van der Waals surface area (Å²) in [6, 6.07) is 3.33. The van der Waals surface area contributed by atoms with Crippen LogP contribution in [-0.2, 0) is 4.79 Å². The van der Waals surface area contributed by atoms with Gasteiger partial charge in [0.15, 0.2) is 0 Å². The minimum Gasteiger partial charge on any atom is -0.474 e. The number of hydrogen-bond donors (Lipinski definition) is 1. The number of nitrogens with zero attached hydrogens (tertiary/aromatic N) is 3. The Morgan fingerprint density at radius 2 is 1.92 bits per heavy atom. The molecule has 1 aliphatic carbocycles. The second-order valence-electron chi connectivity index (χ2n) is 6.63. The van der Waals surface area contributed by atoms with Gasteiger partial charge in [-0.2, -0.15) is 0 Å². The van der Waals surface area contributed by atoms with E-state index in [9.17, 15) is 9.59 Å². The molecule has 130 valence electrons. The largest absolute Gasteiger partial charge is 0.474 e. The second kappa shape index (κ2) is 7.07. The molecular weight excluding hydrogens is 308 g/mol. The zero-order valence-corrected chi connectivity index (χ0v) is 14.2. The van der Waals surface area contributed by atoms with E-state index in [0.717, 1.165) is 38.8 Å². The maximum Gasteiger partial charge on any atom is 0.321 e. The van der Waals surface area contributed by atoms with Gasteiger partial charge in [0.05, 0.1) is 11.9 Å². The first-order valence-electron chi connectivity index (χ1n) is 8.43. The lowest BCUT2D eigenvalue weighted by atomic mass is 10.1. The van der Waals surface area contributed by atoms with E-state index in [4.69, 9.17) is 4.74 Å². The van der Waals surface area contributed by atoms with Crippen molar-refractivity contribution in [1.82, 2.24) is 14.8 Å². The van der Waals surface area contributed by atoms with Crippen LogP contribution in [0.1, 0.15) is 25.7 Å². The predicted octanol–water partition coefficient (Wildman–Crippen LogP) is 1.95. The third-order valence-corrected chi connectivity index (χ3v) is 4.36. The molecule has 0 radical (unpaired) electrons. The number of pyridine rings is 1. The monoisotopic (exact) mass is 332 g/mol. The van der Waals surface area contributed by atoms with Gasteiger partial charge in [-0.05, 0) is 18.9 Å². The molecule has 1 N–H and O–H groups in total. The molecular formula is C17H24N4O3. The van der Waals surface area contributed by atoms with Gasteiger partial charge in [0.2, 0.25) is 11.8 Å². The van der Waals surface area contributed by atoms with Crippen molar-refractivity contribution in [3.63, 3.8) is 0 Å². The number of carbonyl (C=O) groups is 2. The Labute approximate surface area is 142 Å². The quantitative estimate of drug-likeness (QED) is 0.914. The number of aromatic nitrogens is 1. The molecule has 0 spiro atoms. The van der Waals surface area contributed by atoms with Crippen LogP contribution in [0.5, 0.6) is 5.88 Å². The Morgan fingerprint density at radius 3 is 2.46 bits per heavy atom. The summed E-state index contributed by atoms with van der Waals surface area (Å²) in [5.74, 6) is 1.14. The van der Waals surface area contributed by atoms with Crippen molar-refractivity contribution >= 4 is 17.6 Å². The lowest BCUT2D eigenvalue weighted by molar-refractivity contribution is -0.134. The highest BCUT2D eigenvalue weighted by molar-refractivity contribution is 5.88. The summed E-state index contributed by atoms with van der Waals surface area (Å²) in [5.41, 5.74) is 0.630. The van der Waals surface area contributed by atoms with Crippen LogP contribution in [0.15, 0.2) is 18.3 Å². The zero-order chi connectivity index (χ0) is 17.1. The smallest absolute Gasteiger partial charge is 0.321 e. The highest BCUT2D eigenvalue weighted by Crippen LogP contribution is 2.32. The maximum absolute atomic E-state index is 12.0. The Kier molecular flexibility index (Phi) is 4.87. The Morgan fingerprint density at radius 1 is 1.21 bits per heavy atom. The Hall–Kier alpha value is -2.31. The molecule has 1 aromatic heterocycles. The van der Waals surface area contributed by atoms with Gasteiger partial charge in [-0.3, -0.25) is 4.79 Å². The fourth-order valence-electron chi connectivity index (χ4n) is 2.71. The molecule has 2 heterocycles. The molecule has 1 aliphatic heterocycles. The van der Waals surface area contributed by atoms with E-state index in [2.05, 4.69) is 10.3 Å². The number of urea groups is 1. The third-order valence-electron chi connectivity index (χ3n) is 4.36. The van der Waals surface area contributed by atoms with Crippen LogP contribution in [0, 0.1) is 5.92 Å². The first-order valence-corrected chi connectivity index (χ1v) is 8.43. The molecule has 3 amide bonds. The van der Waals surface area contributed by atoms with Crippen LogP contribution in [0.3, 0.4) is 0 Å². The molecule has 0 unspecified atom stereocenters. The van der Waals surface area contributed by atoms with E-state index >= 15 is 0 Å². The standard InChI is InChI=1S/C17H24N4O3/c1-20(2)17(23)19-13-5-6-15(18-11-13)24-14-7-9-21(10-8-14)16(22)12-3-4-12/h5-6,11-12,14H,3-4,7-10H2,1-2H3,(H,19,23).